The van der Waals surface area contributed by atoms with Crippen LogP contribution in [0.1, 0.15) is 24.8 Å². The minimum absolute atomic E-state index is 0.0237. The van der Waals surface area contributed by atoms with Gasteiger partial charge in [0.1, 0.15) is 5.75 Å². The molecule has 9 heteroatoms. The smallest absolute Gasteiger partial charge is 0.255 e. The molecule has 1 aliphatic heterocycles. The summed E-state index contributed by atoms with van der Waals surface area (Å²) in [7, 11) is 1.48. The van der Waals surface area contributed by atoms with Crippen LogP contribution in [0.5, 0.6) is 17.2 Å². The van der Waals surface area contributed by atoms with E-state index in [0.29, 0.717) is 48.8 Å². The first-order chi connectivity index (χ1) is 14.9. The van der Waals surface area contributed by atoms with Gasteiger partial charge in [-0.05, 0) is 48.7 Å². The van der Waals surface area contributed by atoms with E-state index in [2.05, 4.69) is 10.6 Å². The van der Waals surface area contributed by atoms with Crippen LogP contribution in [0.4, 0.5) is 11.4 Å². The number of hydrogen-bond acceptors (Lipinski definition) is 6. The van der Waals surface area contributed by atoms with Gasteiger partial charge in [0, 0.05) is 30.3 Å². The zero-order chi connectivity index (χ0) is 22.2. The molecule has 31 heavy (non-hydrogen) atoms. The number of fused-ring (bicyclic) bond motifs is 1. The molecule has 0 aliphatic carbocycles. The molecule has 1 aliphatic rings. The first-order valence-electron chi connectivity index (χ1n) is 9.89. The van der Waals surface area contributed by atoms with E-state index in [0.717, 1.165) is 11.3 Å². The van der Waals surface area contributed by atoms with Crippen molar-refractivity contribution < 1.29 is 28.6 Å². The Balaban J connectivity index is 1.45. The van der Waals surface area contributed by atoms with Gasteiger partial charge in [-0.25, -0.2) is 0 Å². The van der Waals surface area contributed by atoms with Crippen LogP contribution >= 0.6 is 0 Å². The molecule has 0 saturated carbocycles. The molecule has 0 aromatic heterocycles. The van der Waals surface area contributed by atoms with E-state index in [1.165, 1.54) is 7.11 Å². The molecule has 2 aromatic carbocycles. The van der Waals surface area contributed by atoms with Gasteiger partial charge in [-0.1, -0.05) is 0 Å². The summed E-state index contributed by atoms with van der Waals surface area (Å²) in [5.74, 6) is 0.684. The van der Waals surface area contributed by atoms with E-state index in [1.807, 2.05) is 12.1 Å². The molecule has 1 heterocycles. The van der Waals surface area contributed by atoms with Crippen LogP contribution in [-0.4, -0.2) is 38.0 Å². The number of hydrogen-bond donors (Lipinski definition) is 3. The summed E-state index contributed by atoms with van der Waals surface area (Å²) in [6.45, 7) is 0.0916. The summed E-state index contributed by atoms with van der Waals surface area (Å²) in [4.78, 5) is 34.6. The highest BCUT2D eigenvalue weighted by Crippen LogP contribution is 2.30. The number of anilines is 2. The molecular weight excluding hydrogens is 402 g/mol. The van der Waals surface area contributed by atoms with Gasteiger partial charge in [-0.2, -0.15) is 0 Å². The number of carbonyl (C=O) groups is 3. The molecule has 164 valence electrons. The van der Waals surface area contributed by atoms with E-state index >= 15 is 0 Å². The fourth-order valence-electron chi connectivity index (χ4n) is 3.11. The van der Waals surface area contributed by atoms with Gasteiger partial charge < -0.3 is 30.6 Å². The second-order valence-electron chi connectivity index (χ2n) is 6.99. The van der Waals surface area contributed by atoms with Gasteiger partial charge in [0.15, 0.2) is 18.1 Å². The van der Waals surface area contributed by atoms with Crippen LogP contribution in [0, 0.1) is 0 Å². The fraction of sp³-hybridized carbons (Fsp3) is 0.318. The summed E-state index contributed by atoms with van der Waals surface area (Å²) < 4.78 is 16.2. The lowest BCUT2D eigenvalue weighted by atomic mass is 10.0. The Morgan fingerprint density at radius 3 is 2.71 bits per heavy atom. The van der Waals surface area contributed by atoms with Crippen molar-refractivity contribution >= 4 is 29.1 Å². The molecule has 9 nitrogen and oxygen atoms in total. The van der Waals surface area contributed by atoms with Crippen molar-refractivity contribution in [2.24, 2.45) is 5.73 Å². The monoisotopic (exact) mass is 427 g/mol. The maximum atomic E-state index is 12.2. The number of amides is 3. The van der Waals surface area contributed by atoms with Gasteiger partial charge in [0.25, 0.3) is 5.91 Å². The Hall–Kier alpha value is -3.75. The van der Waals surface area contributed by atoms with Crippen molar-refractivity contribution in [2.45, 2.75) is 25.7 Å². The molecule has 0 atom stereocenters. The van der Waals surface area contributed by atoms with Crippen LogP contribution in [0.15, 0.2) is 36.4 Å². The summed E-state index contributed by atoms with van der Waals surface area (Å²) in [5, 5.41) is 5.61. The number of methoxy groups -OCH3 is 1. The molecule has 0 fully saturated rings. The van der Waals surface area contributed by atoms with Gasteiger partial charge in [0.2, 0.25) is 11.8 Å². The minimum atomic E-state index is -0.611. The van der Waals surface area contributed by atoms with E-state index < -0.39 is 5.91 Å². The zero-order valence-electron chi connectivity index (χ0n) is 17.2. The lowest BCUT2D eigenvalue weighted by molar-refractivity contribution is -0.120. The third-order valence-corrected chi connectivity index (χ3v) is 4.61. The first-order valence-corrected chi connectivity index (χ1v) is 9.89. The van der Waals surface area contributed by atoms with Crippen molar-refractivity contribution in [3.63, 3.8) is 0 Å². The molecule has 0 spiro atoms. The maximum Gasteiger partial charge on any atom is 0.255 e. The molecule has 0 unspecified atom stereocenters. The van der Waals surface area contributed by atoms with E-state index in [1.54, 1.807) is 24.3 Å². The minimum Gasteiger partial charge on any atom is -0.494 e. The maximum absolute atomic E-state index is 12.2. The first kappa shape index (κ1) is 21.9. The molecule has 2 aromatic rings. The lowest BCUT2D eigenvalue weighted by Crippen LogP contribution is -2.20. The number of benzene rings is 2. The third kappa shape index (κ3) is 6.36. The van der Waals surface area contributed by atoms with Crippen molar-refractivity contribution in [2.75, 3.05) is 31.0 Å². The van der Waals surface area contributed by atoms with Crippen LogP contribution < -0.4 is 30.6 Å². The average Bonchev–Trinajstić information content (AvgIpc) is 2.75. The number of aryl methyl sites for hydroxylation is 1. The number of nitrogens with one attached hydrogen (secondary N) is 2. The largest absolute Gasteiger partial charge is 0.494 e. The molecule has 0 saturated heterocycles. The predicted molar refractivity (Wildman–Crippen MR) is 114 cm³/mol. The van der Waals surface area contributed by atoms with Gasteiger partial charge in [-0.15, -0.1) is 0 Å². The Morgan fingerprint density at radius 2 is 1.94 bits per heavy atom. The topological polar surface area (TPSA) is 129 Å². The van der Waals surface area contributed by atoms with Gasteiger partial charge >= 0.3 is 0 Å². The summed E-state index contributed by atoms with van der Waals surface area (Å²) >= 11 is 0. The number of nitrogens with two attached hydrogens (primary N) is 1. The SMILES string of the molecule is COc1ccc(NC(=O)CCCOc2ccc3c(c2)CCC(=O)N3)cc1OCC(N)=O. The van der Waals surface area contributed by atoms with E-state index in [-0.39, 0.29) is 24.8 Å². The van der Waals surface area contributed by atoms with Crippen molar-refractivity contribution in [3.8, 4) is 17.2 Å². The van der Waals surface area contributed by atoms with Crippen molar-refractivity contribution in [1.82, 2.24) is 0 Å². The van der Waals surface area contributed by atoms with Crippen molar-refractivity contribution in [3.05, 3.63) is 42.0 Å². The predicted octanol–water partition coefficient (Wildman–Crippen LogP) is 2.24. The fourth-order valence-corrected chi connectivity index (χ4v) is 3.11. The molecule has 4 N–H and O–H groups in total. The normalized spacial score (nSPS) is 12.4. The highest BCUT2D eigenvalue weighted by atomic mass is 16.5. The van der Waals surface area contributed by atoms with Crippen LogP contribution in [0.25, 0.3) is 0 Å². The second-order valence-corrected chi connectivity index (χ2v) is 6.99. The van der Waals surface area contributed by atoms with Crippen molar-refractivity contribution in [1.29, 1.82) is 0 Å². The van der Waals surface area contributed by atoms with E-state index in [4.69, 9.17) is 19.9 Å². The van der Waals surface area contributed by atoms with Crippen LogP contribution in [-0.2, 0) is 20.8 Å². The Kier molecular flexibility index (Phi) is 7.31. The Labute approximate surface area is 179 Å². The zero-order valence-corrected chi connectivity index (χ0v) is 17.2. The highest BCUT2D eigenvalue weighted by molar-refractivity contribution is 5.94. The number of primary amides is 1. The average molecular weight is 427 g/mol. The third-order valence-electron chi connectivity index (χ3n) is 4.61. The summed E-state index contributed by atoms with van der Waals surface area (Å²) in [5.41, 5.74) is 7.48. The summed E-state index contributed by atoms with van der Waals surface area (Å²) in [6, 6.07) is 10.4. The Bertz CT molecular complexity index is 976. The number of rotatable bonds is 10. The van der Waals surface area contributed by atoms with Gasteiger partial charge in [0.05, 0.1) is 13.7 Å². The number of ether oxygens (including phenoxy) is 3. The lowest BCUT2D eigenvalue weighted by Gasteiger charge is -2.17. The molecule has 0 radical (unpaired) electrons. The van der Waals surface area contributed by atoms with Gasteiger partial charge in [-0.3, -0.25) is 14.4 Å². The molecular formula is C22H25N3O6. The highest BCUT2D eigenvalue weighted by Gasteiger charge is 2.15. The van der Waals surface area contributed by atoms with Crippen LogP contribution in [0.2, 0.25) is 0 Å². The summed E-state index contributed by atoms with van der Waals surface area (Å²) in [6.07, 6.45) is 1.95. The quantitative estimate of drug-likeness (QED) is 0.499. The Morgan fingerprint density at radius 1 is 1.10 bits per heavy atom. The van der Waals surface area contributed by atoms with E-state index in [9.17, 15) is 14.4 Å². The molecule has 0 bridgehead atoms. The van der Waals surface area contributed by atoms with Crippen LogP contribution in [0.3, 0.4) is 0 Å². The number of carbonyl (C=O) groups excluding carboxylic acids is 3. The second kappa shape index (κ2) is 10.3. The molecule has 3 amide bonds. The standard InChI is InChI=1S/C22H25N3O6/c1-29-18-8-5-15(12-19(18)31-13-20(23)26)24-21(27)3-2-10-30-16-6-7-17-14(11-16)4-9-22(28)25-17/h5-8,11-12H,2-4,9-10,13H2,1H3,(H2,23,26)(H,24,27)(H,25,28). The molecule has 3 rings (SSSR count).